The maximum absolute atomic E-state index is 13.4. The second kappa shape index (κ2) is 4.98. The molecule has 0 heterocycles. The maximum atomic E-state index is 13.4. The summed E-state index contributed by atoms with van der Waals surface area (Å²) in [6.45, 7) is 0. The van der Waals surface area contributed by atoms with Crippen LogP contribution in [0.4, 0.5) is 4.39 Å². The van der Waals surface area contributed by atoms with E-state index in [1.165, 1.54) is 19.2 Å². The van der Waals surface area contributed by atoms with Crippen molar-refractivity contribution in [1.29, 1.82) is 0 Å². The van der Waals surface area contributed by atoms with E-state index in [0.717, 1.165) is 12.0 Å². The van der Waals surface area contributed by atoms with Crippen LogP contribution in [0.2, 0.25) is 5.02 Å². The third-order valence-electron chi connectivity index (χ3n) is 4.33. The van der Waals surface area contributed by atoms with Crippen molar-refractivity contribution in [3.05, 3.63) is 34.6 Å². The Morgan fingerprint density at radius 2 is 2.05 bits per heavy atom. The fourth-order valence-electron chi connectivity index (χ4n) is 2.69. The van der Waals surface area contributed by atoms with E-state index in [-0.39, 0.29) is 28.8 Å². The van der Waals surface area contributed by atoms with Gasteiger partial charge in [-0.2, -0.15) is 0 Å². The average Bonchev–Trinajstić information content (AvgIpc) is 3.34. The Morgan fingerprint density at radius 3 is 2.62 bits per heavy atom. The number of carbonyl (C=O) groups excluding carboxylic acids is 2. The Morgan fingerprint density at radius 1 is 1.33 bits per heavy atom. The fourth-order valence-corrected chi connectivity index (χ4v) is 2.81. The van der Waals surface area contributed by atoms with Crippen molar-refractivity contribution >= 4 is 23.4 Å². The molecule has 0 aromatic heterocycles. The fraction of sp³-hybridized carbons (Fsp3) is 0.467. The van der Waals surface area contributed by atoms with Gasteiger partial charge in [0.2, 0.25) is 11.8 Å². The van der Waals surface area contributed by atoms with E-state index in [0.29, 0.717) is 12.8 Å². The van der Waals surface area contributed by atoms with E-state index in [4.69, 9.17) is 11.6 Å². The molecule has 2 atom stereocenters. The van der Waals surface area contributed by atoms with Crippen molar-refractivity contribution in [2.45, 2.75) is 31.2 Å². The van der Waals surface area contributed by atoms with Crippen molar-refractivity contribution in [2.24, 2.45) is 5.41 Å². The number of benzene rings is 1. The number of rotatable bonds is 4. The number of amides is 2. The van der Waals surface area contributed by atoms with Crippen LogP contribution in [0.3, 0.4) is 0 Å². The number of halogens is 2. The highest BCUT2D eigenvalue weighted by molar-refractivity contribution is 6.30. The zero-order chi connectivity index (χ0) is 15.2. The van der Waals surface area contributed by atoms with Gasteiger partial charge >= 0.3 is 0 Å². The van der Waals surface area contributed by atoms with Crippen LogP contribution in [0.5, 0.6) is 0 Å². The SMILES string of the molecule is CNC(=O)C1(C(=O)N[C@@H]2C[C@H]2c2ccc(Cl)c(F)c2)CC1. The van der Waals surface area contributed by atoms with E-state index in [9.17, 15) is 14.0 Å². The molecule has 1 aromatic carbocycles. The summed E-state index contributed by atoms with van der Waals surface area (Å²) in [5.74, 6) is -0.796. The first-order valence-electron chi connectivity index (χ1n) is 6.96. The largest absolute Gasteiger partial charge is 0.358 e. The van der Waals surface area contributed by atoms with Crippen molar-refractivity contribution < 1.29 is 14.0 Å². The summed E-state index contributed by atoms with van der Waals surface area (Å²) in [5, 5.41) is 5.53. The van der Waals surface area contributed by atoms with Gasteiger partial charge in [0, 0.05) is 19.0 Å². The van der Waals surface area contributed by atoms with Gasteiger partial charge in [-0.3, -0.25) is 9.59 Å². The van der Waals surface area contributed by atoms with Gasteiger partial charge < -0.3 is 10.6 Å². The van der Waals surface area contributed by atoms with Crippen LogP contribution in [0, 0.1) is 11.2 Å². The van der Waals surface area contributed by atoms with E-state index in [1.807, 2.05) is 0 Å². The molecule has 0 aliphatic heterocycles. The van der Waals surface area contributed by atoms with Crippen LogP contribution in [0.25, 0.3) is 0 Å². The van der Waals surface area contributed by atoms with Crippen molar-refractivity contribution in [1.82, 2.24) is 10.6 Å². The van der Waals surface area contributed by atoms with Crippen molar-refractivity contribution in [3.8, 4) is 0 Å². The highest BCUT2D eigenvalue weighted by Gasteiger charge is 2.57. The lowest BCUT2D eigenvalue weighted by molar-refractivity contribution is -0.137. The van der Waals surface area contributed by atoms with Crippen molar-refractivity contribution in [2.75, 3.05) is 7.05 Å². The number of hydrogen-bond donors (Lipinski definition) is 2. The van der Waals surface area contributed by atoms with Gasteiger partial charge in [0.15, 0.2) is 0 Å². The van der Waals surface area contributed by atoms with Gasteiger partial charge in [0.25, 0.3) is 0 Å². The molecule has 3 rings (SSSR count). The summed E-state index contributed by atoms with van der Waals surface area (Å²) in [4.78, 5) is 23.9. The summed E-state index contributed by atoms with van der Waals surface area (Å²) in [6.07, 6.45) is 1.94. The molecule has 0 spiro atoms. The number of nitrogens with one attached hydrogen (secondary N) is 2. The molecule has 2 N–H and O–H groups in total. The van der Waals surface area contributed by atoms with E-state index < -0.39 is 11.2 Å². The quantitative estimate of drug-likeness (QED) is 0.836. The highest BCUT2D eigenvalue weighted by atomic mass is 35.5. The summed E-state index contributed by atoms with van der Waals surface area (Å²) < 4.78 is 13.4. The predicted octanol–water partition coefficient (Wildman–Crippen LogP) is 1.98. The molecule has 1 aromatic rings. The second-order valence-corrected chi connectivity index (χ2v) is 6.16. The molecule has 6 heteroatoms. The number of carbonyl (C=O) groups is 2. The van der Waals surface area contributed by atoms with Crippen LogP contribution in [0.1, 0.15) is 30.7 Å². The van der Waals surface area contributed by atoms with Gasteiger partial charge in [-0.15, -0.1) is 0 Å². The zero-order valence-electron chi connectivity index (χ0n) is 11.6. The minimum Gasteiger partial charge on any atom is -0.358 e. The van der Waals surface area contributed by atoms with Gasteiger partial charge in [0.05, 0.1) is 5.02 Å². The summed E-state index contributed by atoms with van der Waals surface area (Å²) >= 11 is 5.66. The lowest BCUT2D eigenvalue weighted by Gasteiger charge is -2.13. The Labute approximate surface area is 127 Å². The van der Waals surface area contributed by atoms with Gasteiger partial charge in [-0.1, -0.05) is 17.7 Å². The van der Waals surface area contributed by atoms with Crippen LogP contribution < -0.4 is 10.6 Å². The summed E-state index contributed by atoms with van der Waals surface area (Å²) in [7, 11) is 1.53. The normalized spacial score (nSPS) is 25.1. The second-order valence-electron chi connectivity index (χ2n) is 5.76. The lowest BCUT2D eigenvalue weighted by atomic mass is 10.1. The third-order valence-corrected chi connectivity index (χ3v) is 4.63. The summed E-state index contributed by atoms with van der Waals surface area (Å²) in [6, 6.07) is 4.68. The van der Waals surface area contributed by atoms with E-state index in [1.54, 1.807) is 6.07 Å². The van der Waals surface area contributed by atoms with E-state index in [2.05, 4.69) is 10.6 Å². The topological polar surface area (TPSA) is 58.2 Å². The molecular formula is C15H16ClFN2O2. The average molecular weight is 311 g/mol. The smallest absolute Gasteiger partial charge is 0.235 e. The minimum atomic E-state index is -0.882. The summed E-state index contributed by atoms with van der Waals surface area (Å²) in [5.41, 5.74) is -0.0559. The molecule has 0 unspecified atom stereocenters. The molecule has 112 valence electrons. The lowest BCUT2D eigenvalue weighted by Crippen LogP contribution is -2.42. The molecule has 2 aliphatic carbocycles. The minimum absolute atomic E-state index is 0.0276. The molecule has 0 bridgehead atoms. The molecule has 2 saturated carbocycles. The first-order valence-corrected chi connectivity index (χ1v) is 7.34. The molecule has 4 nitrogen and oxygen atoms in total. The van der Waals surface area contributed by atoms with Gasteiger partial charge in [0.1, 0.15) is 11.2 Å². The molecule has 2 amide bonds. The van der Waals surface area contributed by atoms with Gasteiger partial charge in [-0.05, 0) is 37.0 Å². The Hall–Kier alpha value is -1.62. The molecule has 2 aliphatic rings. The van der Waals surface area contributed by atoms with Crippen LogP contribution in [-0.2, 0) is 9.59 Å². The molecule has 21 heavy (non-hydrogen) atoms. The molecular weight excluding hydrogens is 295 g/mol. The van der Waals surface area contributed by atoms with Crippen LogP contribution in [-0.4, -0.2) is 24.9 Å². The van der Waals surface area contributed by atoms with Crippen LogP contribution >= 0.6 is 11.6 Å². The first kappa shape index (κ1) is 14.3. The standard InChI is InChI=1S/C15H16ClFN2O2/c1-18-13(20)15(4-5-15)14(21)19-12-7-9(12)8-2-3-10(16)11(17)6-8/h2-3,6,9,12H,4-5,7H2,1H3,(H,18,20)(H,19,21)/t9-,12+/m0/s1. The Bertz CT molecular complexity index is 616. The molecule has 0 radical (unpaired) electrons. The molecule has 2 fully saturated rings. The van der Waals surface area contributed by atoms with E-state index >= 15 is 0 Å². The molecule has 0 saturated heterocycles. The maximum Gasteiger partial charge on any atom is 0.235 e. The van der Waals surface area contributed by atoms with Crippen molar-refractivity contribution in [3.63, 3.8) is 0 Å². The Balaban J connectivity index is 1.63. The zero-order valence-corrected chi connectivity index (χ0v) is 12.3. The monoisotopic (exact) mass is 310 g/mol. The Kier molecular flexibility index (Phi) is 3.40. The number of hydrogen-bond acceptors (Lipinski definition) is 2. The third kappa shape index (κ3) is 2.50. The highest BCUT2D eigenvalue weighted by Crippen LogP contribution is 2.48. The van der Waals surface area contributed by atoms with Crippen LogP contribution in [0.15, 0.2) is 18.2 Å². The van der Waals surface area contributed by atoms with Gasteiger partial charge in [-0.25, -0.2) is 4.39 Å². The predicted molar refractivity (Wildman–Crippen MR) is 76.4 cm³/mol. The first-order chi connectivity index (χ1) is 9.98.